The molecule has 0 saturated heterocycles. The van der Waals surface area contributed by atoms with Crippen LogP contribution in [0.15, 0.2) is 10.7 Å². The lowest BCUT2D eigenvalue weighted by Gasteiger charge is -2.26. The summed E-state index contributed by atoms with van der Waals surface area (Å²) < 4.78 is 3.24. The third-order valence-electron chi connectivity index (χ3n) is 3.57. The smallest absolute Gasteiger partial charge is 0.0704 e. The molecule has 1 aliphatic carbocycles. The maximum absolute atomic E-state index is 4.46. The number of halogens is 1. The predicted molar refractivity (Wildman–Crippen MR) is 69.5 cm³/mol. The molecule has 0 spiro atoms. The molecule has 0 aliphatic heterocycles. The minimum absolute atomic E-state index is 0.395. The van der Waals surface area contributed by atoms with Gasteiger partial charge in [0.25, 0.3) is 0 Å². The molecule has 1 atom stereocenters. The molecule has 0 radical (unpaired) electrons. The van der Waals surface area contributed by atoms with Crippen LogP contribution in [0.2, 0.25) is 0 Å². The Kier molecular flexibility index (Phi) is 3.14. The Labute approximate surface area is 106 Å². The average molecular weight is 286 g/mol. The summed E-state index contributed by atoms with van der Waals surface area (Å²) in [5.74, 6) is 0. The van der Waals surface area contributed by atoms with Crippen molar-refractivity contribution in [2.45, 2.75) is 45.7 Å². The van der Waals surface area contributed by atoms with Crippen LogP contribution in [0.1, 0.15) is 51.4 Å². The second-order valence-electron chi connectivity index (χ2n) is 5.29. The predicted octanol–water partition coefficient (Wildman–Crippen LogP) is 3.29. The number of rotatable bonds is 4. The zero-order valence-corrected chi connectivity index (χ0v) is 12.0. The molecule has 4 heteroatoms. The Morgan fingerprint density at radius 3 is 2.56 bits per heavy atom. The van der Waals surface area contributed by atoms with E-state index in [2.05, 4.69) is 51.8 Å². The number of nitrogens with zero attached hydrogens (tertiary/aromatic N) is 2. The largest absolute Gasteiger partial charge is 0.311 e. The quantitative estimate of drug-likeness (QED) is 0.920. The van der Waals surface area contributed by atoms with Crippen LogP contribution in [-0.4, -0.2) is 16.8 Å². The van der Waals surface area contributed by atoms with E-state index in [-0.39, 0.29) is 0 Å². The first-order valence-electron chi connectivity index (χ1n) is 5.90. The van der Waals surface area contributed by atoms with Crippen LogP contribution in [0.3, 0.4) is 0 Å². The second-order valence-corrected chi connectivity index (χ2v) is 6.15. The summed E-state index contributed by atoms with van der Waals surface area (Å²) in [7, 11) is 2.04. The van der Waals surface area contributed by atoms with Gasteiger partial charge in [-0.15, -0.1) is 0 Å². The van der Waals surface area contributed by atoms with Crippen molar-refractivity contribution in [1.82, 2.24) is 15.1 Å². The number of nitrogens with one attached hydrogen (secondary N) is 1. The molecular formula is C12H20BrN3. The molecule has 1 aromatic rings. The Hall–Kier alpha value is -0.350. The van der Waals surface area contributed by atoms with E-state index in [0.29, 0.717) is 17.5 Å². The first-order chi connectivity index (χ1) is 7.49. The van der Waals surface area contributed by atoms with E-state index in [1.54, 1.807) is 0 Å². The molecule has 1 aliphatic rings. The van der Waals surface area contributed by atoms with E-state index in [9.17, 15) is 0 Å². The molecule has 1 N–H and O–H groups in total. The standard InChI is InChI=1S/C12H20BrN3/c1-8(2)16-10(9(13)7-15-16)11(14-4)12(3)5-6-12/h7-8,11,14H,5-6H2,1-4H3. The highest BCUT2D eigenvalue weighted by Gasteiger charge is 2.46. The van der Waals surface area contributed by atoms with Crippen LogP contribution in [0, 0.1) is 5.41 Å². The summed E-state index contributed by atoms with van der Waals surface area (Å²) in [6.45, 7) is 6.69. The Bertz CT molecular complexity index is 380. The van der Waals surface area contributed by atoms with Crippen LogP contribution in [0.5, 0.6) is 0 Å². The van der Waals surface area contributed by atoms with Gasteiger partial charge in [0.2, 0.25) is 0 Å². The fraction of sp³-hybridized carbons (Fsp3) is 0.750. The highest BCUT2D eigenvalue weighted by atomic mass is 79.9. The summed E-state index contributed by atoms with van der Waals surface area (Å²) >= 11 is 3.62. The third kappa shape index (κ3) is 1.93. The first-order valence-corrected chi connectivity index (χ1v) is 6.69. The molecular weight excluding hydrogens is 266 g/mol. The molecule has 1 heterocycles. The van der Waals surface area contributed by atoms with E-state index < -0.39 is 0 Å². The highest BCUT2D eigenvalue weighted by molar-refractivity contribution is 9.10. The molecule has 0 bridgehead atoms. The van der Waals surface area contributed by atoms with Gasteiger partial charge in [-0.1, -0.05) is 6.92 Å². The van der Waals surface area contributed by atoms with E-state index in [1.165, 1.54) is 18.5 Å². The highest BCUT2D eigenvalue weighted by Crippen LogP contribution is 2.55. The molecule has 16 heavy (non-hydrogen) atoms. The lowest BCUT2D eigenvalue weighted by Crippen LogP contribution is -2.28. The Balaban J connectivity index is 2.40. The van der Waals surface area contributed by atoms with Gasteiger partial charge in [0.1, 0.15) is 0 Å². The van der Waals surface area contributed by atoms with Gasteiger partial charge < -0.3 is 5.32 Å². The SMILES string of the molecule is CNC(c1c(Br)cnn1C(C)C)C1(C)CC1. The monoisotopic (exact) mass is 285 g/mol. The number of hydrogen-bond donors (Lipinski definition) is 1. The summed E-state index contributed by atoms with van der Waals surface area (Å²) in [4.78, 5) is 0. The molecule has 1 aromatic heterocycles. The Morgan fingerprint density at radius 1 is 1.50 bits per heavy atom. The van der Waals surface area contributed by atoms with Gasteiger partial charge >= 0.3 is 0 Å². The van der Waals surface area contributed by atoms with E-state index >= 15 is 0 Å². The normalized spacial score (nSPS) is 20.1. The van der Waals surface area contributed by atoms with Crippen molar-refractivity contribution >= 4 is 15.9 Å². The molecule has 1 fully saturated rings. The second kappa shape index (κ2) is 4.15. The minimum atomic E-state index is 0.395. The van der Waals surface area contributed by atoms with Crippen molar-refractivity contribution in [3.8, 4) is 0 Å². The third-order valence-corrected chi connectivity index (χ3v) is 4.18. The maximum Gasteiger partial charge on any atom is 0.0704 e. The Morgan fingerprint density at radius 2 is 2.12 bits per heavy atom. The van der Waals surface area contributed by atoms with Crippen molar-refractivity contribution in [2.24, 2.45) is 5.41 Å². The van der Waals surface area contributed by atoms with Crippen molar-refractivity contribution in [1.29, 1.82) is 0 Å². The van der Waals surface area contributed by atoms with Gasteiger partial charge in [-0.2, -0.15) is 5.10 Å². The summed E-state index contributed by atoms with van der Waals surface area (Å²) in [6, 6.07) is 0.797. The van der Waals surface area contributed by atoms with Crippen LogP contribution in [-0.2, 0) is 0 Å². The van der Waals surface area contributed by atoms with Crippen LogP contribution in [0.4, 0.5) is 0 Å². The molecule has 1 saturated carbocycles. The molecule has 0 aromatic carbocycles. The first kappa shape index (κ1) is 12.1. The van der Waals surface area contributed by atoms with Crippen molar-refractivity contribution in [3.63, 3.8) is 0 Å². The van der Waals surface area contributed by atoms with Crippen LogP contribution in [0.25, 0.3) is 0 Å². The summed E-state index contributed by atoms with van der Waals surface area (Å²) in [6.07, 6.45) is 4.51. The molecule has 90 valence electrons. The van der Waals surface area contributed by atoms with E-state index in [0.717, 1.165) is 4.47 Å². The van der Waals surface area contributed by atoms with Crippen molar-refractivity contribution < 1.29 is 0 Å². The minimum Gasteiger partial charge on any atom is -0.311 e. The van der Waals surface area contributed by atoms with Gasteiger partial charge in [0.15, 0.2) is 0 Å². The van der Waals surface area contributed by atoms with Crippen LogP contribution < -0.4 is 5.32 Å². The van der Waals surface area contributed by atoms with Crippen LogP contribution >= 0.6 is 15.9 Å². The van der Waals surface area contributed by atoms with E-state index in [1.807, 2.05) is 13.2 Å². The topological polar surface area (TPSA) is 29.9 Å². The zero-order chi connectivity index (χ0) is 11.9. The van der Waals surface area contributed by atoms with Gasteiger partial charge in [0.05, 0.1) is 22.4 Å². The molecule has 0 amide bonds. The van der Waals surface area contributed by atoms with E-state index in [4.69, 9.17) is 0 Å². The average Bonchev–Trinajstić information content (AvgIpc) is 2.83. The molecule has 1 unspecified atom stereocenters. The maximum atomic E-state index is 4.46. The lowest BCUT2D eigenvalue weighted by molar-refractivity contribution is 0.351. The fourth-order valence-electron chi connectivity index (χ4n) is 2.33. The van der Waals surface area contributed by atoms with Gasteiger partial charge in [-0.05, 0) is 55.1 Å². The van der Waals surface area contributed by atoms with Crippen molar-refractivity contribution in [3.05, 3.63) is 16.4 Å². The fourth-order valence-corrected chi connectivity index (χ4v) is 2.84. The number of hydrogen-bond acceptors (Lipinski definition) is 2. The summed E-state index contributed by atoms with van der Waals surface area (Å²) in [5.41, 5.74) is 1.70. The van der Waals surface area contributed by atoms with Gasteiger partial charge in [0, 0.05) is 6.04 Å². The van der Waals surface area contributed by atoms with Gasteiger partial charge in [-0.25, -0.2) is 0 Å². The molecule has 2 rings (SSSR count). The zero-order valence-electron chi connectivity index (χ0n) is 10.4. The van der Waals surface area contributed by atoms with Gasteiger partial charge in [-0.3, -0.25) is 4.68 Å². The molecule has 3 nitrogen and oxygen atoms in total. The lowest BCUT2D eigenvalue weighted by atomic mass is 9.95. The van der Waals surface area contributed by atoms with Crippen molar-refractivity contribution in [2.75, 3.05) is 7.05 Å². The summed E-state index contributed by atoms with van der Waals surface area (Å²) in [5, 5.41) is 7.91. The number of aromatic nitrogens is 2.